The SMILES string of the molecule is CN1CCN(Cc2cccc(O)c2Cl)CC12CCOCC2. The van der Waals surface area contributed by atoms with Crippen LogP contribution in [-0.2, 0) is 11.3 Å². The number of phenolic OH excluding ortho intramolecular Hbond substituents is 1. The third kappa shape index (κ3) is 3.04. The van der Waals surface area contributed by atoms with Crippen molar-refractivity contribution < 1.29 is 9.84 Å². The summed E-state index contributed by atoms with van der Waals surface area (Å²) in [7, 11) is 2.23. The van der Waals surface area contributed by atoms with Gasteiger partial charge in [-0.25, -0.2) is 0 Å². The average Bonchev–Trinajstić information content (AvgIpc) is 2.49. The van der Waals surface area contributed by atoms with Crippen LogP contribution in [0.25, 0.3) is 0 Å². The van der Waals surface area contributed by atoms with Gasteiger partial charge in [0.1, 0.15) is 5.75 Å². The van der Waals surface area contributed by atoms with E-state index in [1.165, 1.54) is 0 Å². The molecule has 0 atom stereocenters. The smallest absolute Gasteiger partial charge is 0.134 e. The Labute approximate surface area is 131 Å². The number of nitrogens with zero attached hydrogens (tertiary/aromatic N) is 2. The molecule has 1 spiro atoms. The number of phenols is 1. The fourth-order valence-corrected chi connectivity index (χ4v) is 3.69. The third-order valence-electron chi connectivity index (χ3n) is 4.96. The maximum atomic E-state index is 9.74. The molecule has 1 aromatic rings. The molecule has 1 N–H and O–H groups in total. The van der Waals surface area contributed by atoms with Crippen molar-refractivity contribution in [2.45, 2.75) is 24.9 Å². The second-order valence-corrected chi connectivity index (χ2v) is 6.60. The Morgan fingerprint density at radius 1 is 1.29 bits per heavy atom. The maximum absolute atomic E-state index is 9.74. The van der Waals surface area contributed by atoms with E-state index < -0.39 is 0 Å². The minimum absolute atomic E-state index is 0.170. The summed E-state index contributed by atoms with van der Waals surface area (Å²) in [4.78, 5) is 4.95. The van der Waals surface area contributed by atoms with Crippen LogP contribution >= 0.6 is 11.6 Å². The van der Waals surface area contributed by atoms with Crippen molar-refractivity contribution >= 4 is 11.6 Å². The molecule has 2 heterocycles. The summed E-state index contributed by atoms with van der Waals surface area (Å²) >= 11 is 6.21. The van der Waals surface area contributed by atoms with Gasteiger partial charge in [0.05, 0.1) is 5.02 Å². The first-order chi connectivity index (χ1) is 10.1. The summed E-state index contributed by atoms with van der Waals surface area (Å²) in [6, 6.07) is 5.49. The summed E-state index contributed by atoms with van der Waals surface area (Å²) in [5.41, 5.74) is 1.24. The molecule has 21 heavy (non-hydrogen) atoms. The van der Waals surface area contributed by atoms with Gasteiger partial charge >= 0.3 is 0 Å². The highest BCUT2D eigenvalue weighted by molar-refractivity contribution is 6.32. The standard InChI is InChI=1S/C16H23ClN2O2/c1-18-7-8-19(12-16(18)5-9-21-10-6-16)11-13-3-2-4-14(20)15(13)17/h2-4,20H,5-12H2,1H3. The summed E-state index contributed by atoms with van der Waals surface area (Å²) in [5, 5.41) is 10.2. The van der Waals surface area contributed by atoms with Gasteiger partial charge in [-0.15, -0.1) is 0 Å². The molecule has 5 heteroatoms. The quantitative estimate of drug-likeness (QED) is 0.909. The van der Waals surface area contributed by atoms with Crippen LogP contribution < -0.4 is 0 Å². The number of halogens is 1. The van der Waals surface area contributed by atoms with Crippen molar-refractivity contribution in [3.8, 4) is 5.75 Å². The van der Waals surface area contributed by atoms with Gasteiger partial charge in [0.25, 0.3) is 0 Å². The van der Waals surface area contributed by atoms with Gasteiger partial charge in [-0.1, -0.05) is 23.7 Å². The van der Waals surface area contributed by atoms with Crippen LogP contribution in [-0.4, -0.2) is 60.3 Å². The van der Waals surface area contributed by atoms with E-state index in [1.807, 2.05) is 12.1 Å². The van der Waals surface area contributed by atoms with Crippen LogP contribution in [0.4, 0.5) is 0 Å². The molecule has 0 aromatic heterocycles. The second-order valence-electron chi connectivity index (χ2n) is 6.22. The van der Waals surface area contributed by atoms with Crippen molar-refractivity contribution in [2.24, 2.45) is 0 Å². The number of hydrogen-bond acceptors (Lipinski definition) is 4. The first-order valence-electron chi connectivity index (χ1n) is 7.58. The molecule has 0 radical (unpaired) electrons. The van der Waals surface area contributed by atoms with Crippen LogP contribution in [0.1, 0.15) is 18.4 Å². The van der Waals surface area contributed by atoms with Gasteiger partial charge in [0, 0.05) is 44.9 Å². The highest BCUT2D eigenvalue weighted by atomic mass is 35.5. The maximum Gasteiger partial charge on any atom is 0.134 e. The monoisotopic (exact) mass is 310 g/mol. The highest BCUT2D eigenvalue weighted by Gasteiger charge is 2.40. The van der Waals surface area contributed by atoms with Gasteiger partial charge < -0.3 is 9.84 Å². The largest absolute Gasteiger partial charge is 0.506 e. The highest BCUT2D eigenvalue weighted by Crippen LogP contribution is 2.33. The Morgan fingerprint density at radius 3 is 2.81 bits per heavy atom. The Morgan fingerprint density at radius 2 is 2.05 bits per heavy atom. The normalized spacial score (nSPS) is 23.5. The molecule has 0 unspecified atom stereocenters. The van der Waals surface area contributed by atoms with Crippen molar-refractivity contribution in [3.63, 3.8) is 0 Å². The van der Waals surface area contributed by atoms with Crippen LogP contribution in [0.2, 0.25) is 5.02 Å². The molecular formula is C16H23ClN2O2. The molecule has 2 aliphatic rings. The minimum Gasteiger partial charge on any atom is -0.506 e. The third-order valence-corrected chi connectivity index (χ3v) is 5.39. The van der Waals surface area contributed by atoms with Crippen LogP contribution in [0.5, 0.6) is 5.75 Å². The summed E-state index contributed by atoms with van der Waals surface area (Å²) in [5.74, 6) is 0.170. The van der Waals surface area contributed by atoms with Crippen LogP contribution in [0, 0.1) is 0 Å². The Bertz CT molecular complexity index is 503. The van der Waals surface area contributed by atoms with Crippen molar-refractivity contribution in [1.82, 2.24) is 9.80 Å². The molecule has 2 aliphatic heterocycles. The molecule has 0 aliphatic carbocycles. The van der Waals surface area contributed by atoms with E-state index in [4.69, 9.17) is 16.3 Å². The molecule has 0 bridgehead atoms. The lowest BCUT2D eigenvalue weighted by Gasteiger charge is -2.51. The molecule has 0 saturated carbocycles. The van der Waals surface area contributed by atoms with Gasteiger partial charge in [-0.05, 0) is 31.5 Å². The number of piperazine rings is 1. The topological polar surface area (TPSA) is 35.9 Å². The van der Waals surface area contributed by atoms with Gasteiger partial charge in [0.15, 0.2) is 0 Å². The Kier molecular flexibility index (Phi) is 4.41. The number of aromatic hydroxyl groups is 1. The fraction of sp³-hybridized carbons (Fsp3) is 0.625. The fourth-order valence-electron chi connectivity index (χ4n) is 3.50. The van der Waals surface area contributed by atoms with E-state index in [0.717, 1.165) is 57.8 Å². The lowest BCUT2D eigenvalue weighted by molar-refractivity contribution is -0.0625. The number of benzene rings is 1. The molecule has 2 fully saturated rings. The first kappa shape index (κ1) is 15.1. The molecule has 3 rings (SSSR count). The molecule has 2 saturated heterocycles. The number of likely N-dealkylation sites (N-methyl/N-ethyl adjacent to an activating group) is 1. The van der Waals surface area contributed by atoms with E-state index in [0.29, 0.717) is 5.02 Å². The zero-order valence-electron chi connectivity index (χ0n) is 12.5. The number of ether oxygens (including phenoxy) is 1. The predicted octanol–water partition coefficient (Wildman–Crippen LogP) is 2.34. The molecular weight excluding hydrogens is 288 g/mol. The van der Waals surface area contributed by atoms with E-state index >= 15 is 0 Å². The molecule has 1 aromatic carbocycles. The van der Waals surface area contributed by atoms with E-state index in [9.17, 15) is 5.11 Å². The van der Waals surface area contributed by atoms with Gasteiger partial charge in [0.2, 0.25) is 0 Å². The zero-order chi connectivity index (χ0) is 14.9. The second kappa shape index (κ2) is 6.13. The Hall–Kier alpha value is -0.810. The first-order valence-corrected chi connectivity index (χ1v) is 7.96. The van der Waals surface area contributed by atoms with Crippen molar-refractivity contribution in [1.29, 1.82) is 0 Å². The van der Waals surface area contributed by atoms with Gasteiger partial charge in [-0.3, -0.25) is 9.80 Å². The van der Waals surface area contributed by atoms with Crippen molar-refractivity contribution in [3.05, 3.63) is 28.8 Å². The molecule has 4 nitrogen and oxygen atoms in total. The van der Waals surface area contributed by atoms with E-state index in [-0.39, 0.29) is 11.3 Å². The molecule has 0 amide bonds. The lowest BCUT2D eigenvalue weighted by atomic mass is 9.86. The van der Waals surface area contributed by atoms with Crippen LogP contribution in [0.15, 0.2) is 18.2 Å². The average molecular weight is 311 g/mol. The molecule has 116 valence electrons. The van der Waals surface area contributed by atoms with Crippen molar-refractivity contribution in [2.75, 3.05) is 39.9 Å². The van der Waals surface area contributed by atoms with E-state index in [1.54, 1.807) is 6.07 Å². The Balaban J connectivity index is 1.73. The zero-order valence-corrected chi connectivity index (χ0v) is 13.3. The summed E-state index contributed by atoms with van der Waals surface area (Å²) < 4.78 is 5.53. The summed E-state index contributed by atoms with van der Waals surface area (Å²) in [6.45, 7) is 5.64. The summed E-state index contributed by atoms with van der Waals surface area (Å²) in [6.07, 6.45) is 2.18. The van der Waals surface area contributed by atoms with Crippen LogP contribution in [0.3, 0.4) is 0 Å². The van der Waals surface area contributed by atoms with E-state index in [2.05, 4.69) is 16.8 Å². The van der Waals surface area contributed by atoms with Gasteiger partial charge in [-0.2, -0.15) is 0 Å². The number of hydrogen-bond donors (Lipinski definition) is 1. The predicted molar refractivity (Wildman–Crippen MR) is 83.8 cm³/mol. The minimum atomic E-state index is 0.170. The number of rotatable bonds is 2. The lowest BCUT2D eigenvalue weighted by Crippen LogP contribution is -2.62.